The quantitative estimate of drug-likeness (QED) is 0.733. The lowest BCUT2D eigenvalue weighted by Gasteiger charge is -1.98. The fraction of sp³-hybridized carbons (Fsp3) is 0.444. The van der Waals surface area contributed by atoms with Crippen molar-refractivity contribution in [2.45, 2.75) is 20.8 Å². The number of aryl methyl sites for hydroxylation is 1. The van der Waals surface area contributed by atoms with Crippen molar-refractivity contribution in [3.05, 3.63) is 15.9 Å². The summed E-state index contributed by atoms with van der Waals surface area (Å²) in [4.78, 5) is 26.4. The van der Waals surface area contributed by atoms with Gasteiger partial charge in [0, 0.05) is 18.0 Å². The molecule has 0 fully saturated rings. The van der Waals surface area contributed by atoms with Crippen molar-refractivity contribution in [2.75, 3.05) is 6.61 Å². The van der Waals surface area contributed by atoms with E-state index in [4.69, 9.17) is 0 Å². The van der Waals surface area contributed by atoms with Crippen LogP contribution < -0.4 is 4.80 Å². The Hall–Kier alpha value is -1.43. The predicted octanol–water partition coefficient (Wildman–Crippen LogP) is 1.58. The number of rotatable bonds is 1. The van der Waals surface area contributed by atoms with Gasteiger partial charge in [0.05, 0.1) is 6.61 Å². The van der Waals surface area contributed by atoms with E-state index in [0.717, 1.165) is 5.69 Å². The number of hydrogen-bond donors (Lipinski definition) is 0. The number of ether oxygens (including phenoxy) is 1. The molecule has 0 bridgehead atoms. The van der Waals surface area contributed by atoms with Crippen LogP contribution in [0.25, 0.3) is 0 Å². The lowest BCUT2D eigenvalue weighted by Crippen LogP contribution is -2.23. The van der Waals surface area contributed by atoms with Gasteiger partial charge in [0.25, 0.3) is 0 Å². The Balaban J connectivity index is 3.14. The molecule has 0 aliphatic rings. The first-order valence-electron chi connectivity index (χ1n) is 4.45. The number of nitrogens with zero attached hydrogens (tertiary/aromatic N) is 2. The molecule has 15 heavy (non-hydrogen) atoms. The van der Waals surface area contributed by atoms with E-state index in [-0.39, 0.29) is 12.5 Å². The van der Waals surface area contributed by atoms with Crippen molar-refractivity contribution in [3.8, 4) is 0 Å². The third kappa shape index (κ3) is 2.76. The number of carbonyl (C=O) groups excluding carboxylic acids is 2. The number of aromatic nitrogens is 1. The summed E-state index contributed by atoms with van der Waals surface area (Å²) in [6.45, 7) is 5.17. The highest BCUT2D eigenvalue weighted by Gasteiger charge is 2.07. The molecule has 0 unspecified atom stereocenters. The molecule has 0 N–H and O–H groups in total. The minimum atomic E-state index is -0.672. The van der Waals surface area contributed by atoms with E-state index < -0.39 is 6.09 Å². The Labute approximate surface area is 91.0 Å². The van der Waals surface area contributed by atoms with E-state index >= 15 is 0 Å². The molecule has 0 saturated heterocycles. The third-order valence-electron chi connectivity index (χ3n) is 1.65. The van der Waals surface area contributed by atoms with Crippen molar-refractivity contribution in [1.29, 1.82) is 0 Å². The first kappa shape index (κ1) is 11.6. The van der Waals surface area contributed by atoms with Crippen molar-refractivity contribution < 1.29 is 14.3 Å². The van der Waals surface area contributed by atoms with Gasteiger partial charge in [-0.3, -0.25) is 9.36 Å². The first-order valence-corrected chi connectivity index (χ1v) is 5.33. The smallest absolute Gasteiger partial charge is 0.436 e. The molecule has 6 heteroatoms. The lowest BCUT2D eigenvalue weighted by atomic mass is 10.5. The van der Waals surface area contributed by atoms with Crippen molar-refractivity contribution >= 4 is 23.3 Å². The molecule has 0 atom stereocenters. The summed E-state index contributed by atoms with van der Waals surface area (Å²) in [7, 11) is 0. The van der Waals surface area contributed by atoms with Crippen molar-refractivity contribution in [2.24, 2.45) is 4.99 Å². The molecule has 0 aromatic carbocycles. The van der Waals surface area contributed by atoms with E-state index in [1.165, 1.54) is 22.8 Å². The zero-order valence-corrected chi connectivity index (χ0v) is 9.63. The van der Waals surface area contributed by atoms with Crippen LogP contribution in [0.5, 0.6) is 0 Å². The van der Waals surface area contributed by atoms with Gasteiger partial charge < -0.3 is 4.74 Å². The largest absolute Gasteiger partial charge is 0.448 e. The van der Waals surface area contributed by atoms with Gasteiger partial charge in [0.15, 0.2) is 0 Å². The van der Waals surface area contributed by atoms with Crippen LogP contribution in [-0.4, -0.2) is 23.2 Å². The molecular weight excluding hydrogens is 216 g/mol. The Kier molecular flexibility index (Phi) is 3.79. The first-order chi connectivity index (χ1) is 7.06. The Morgan fingerprint density at radius 3 is 2.80 bits per heavy atom. The van der Waals surface area contributed by atoms with E-state index in [9.17, 15) is 9.59 Å². The van der Waals surface area contributed by atoms with Crippen LogP contribution >= 0.6 is 11.3 Å². The van der Waals surface area contributed by atoms with Crippen LogP contribution in [0, 0.1) is 6.92 Å². The molecule has 1 aromatic rings. The van der Waals surface area contributed by atoms with Crippen molar-refractivity contribution in [3.63, 3.8) is 0 Å². The number of amides is 1. The zero-order valence-electron chi connectivity index (χ0n) is 8.81. The predicted molar refractivity (Wildman–Crippen MR) is 55.9 cm³/mol. The summed E-state index contributed by atoms with van der Waals surface area (Å²) in [5.41, 5.74) is 0.760. The average molecular weight is 228 g/mol. The maximum Gasteiger partial charge on any atom is 0.436 e. The van der Waals surface area contributed by atoms with Crippen LogP contribution in [0.15, 0.2) is 10.4 Å². The number of carbonyl (C=O) groups is 2. The standard InChI is InChI=1S/C9H12N2O3S/c1-4-14-9(13)10-8-11(7(3)12)6(2)5-15-8/h5H,4H2,1-3H3/b10-8-. The summed E-state index contributed by atoms with van der Waals surface area (Å²) in [6, 6.07) is 0. The second kappa shape index (κ2) is 4.88. The van der Waals surface area contributed by atoms with Gasteiger partial charge in [-0.15, -0.1) is 16.3 Å². The van der Waals surface area contributed by atoms with Crippen LogP contribution in [0.1, 0.15) is 24.3 Å². The summed E-state index contributed by atoms with van der Waals surface area (Å²) in [5, 5.41) is 1.76. The summed E-state index contributed by atoms with van der Waals surface area (Å²) >= 11 is 1.23. The monoisotopic (exact) mass is 228 g/mol. The maximum atomic E-state index is 11.2. The molecule has 0 radical (unpaired) electrons. The molecule has 1 rings (SSSR count). The SMILES string of the molecule is CCOC(=O)/N=c1\scc(C)n1C(C)=O. The molecule has 0 aliphatic carbocycles. The molecule has 1 amide bonds. The Morgan fingerprint density at radius 1 is 1.60 bits per heavy atom. The highest BCUT2D eigenvalue weighted by molar-refractivity contribution is 7.07. The molecule has 1 heterocycles. The van der Waals surface area contributed by atoms with Gasteiger partial charge >= 0.3 is 6.09 Å². The van der Waals surface area contributed by atoms with Gasteiger partial charge in [0.2, 0.25) is 10.7 Å². The molecular formula is C9H12N2O3S. The van der Waals surface area contributed by atoms with E-state index in [2.05, 4.69) is 9.73 Å². The van der Waals surface area contributed by atoms with E-state index in [1.54, 1.807) is 19.2 Å². The highest BCUT2D eigenvalue weighted by atomic mass is 32.1. The Morgan fingerprint density at radius 2 is 2.27 bits per heavy atom. The fourth-order valence-electron chi connectivity index (χ4n) is 1.09. The second-order valence-electron chi connectivity index (χ2n) is 2.82. The second-order valence-corrected chi connectivity index (χ2v) is 3.66. The van der Waals surface area contributed by atoms with Crippen LogP contribution in [0.3, 0.4) is 0 Å². The molecule has 0 spiro atoms. The molecule has 1 aromatic heterocycles. The zero-order chi connectivity index (χ0) is 11.4. The average Bonchev–Trinajstić information content (AvgIpc) is 2.47. The number of thiazole rings is 1. The minimum Gasteiger partial charge on any atom is -0.448 e. The van der Waals surface area contributed by atoms with E-state index in [1.807, 2.05) is 0 Å². The summed E-state index contributed by atoms with van der Waals surface area (Å²) < 4.78 is 6.04. The molecule has 82 valence electrons. The highest BCUT2D eigenvalue weighted by Crippen LogP contribution is 1.99. The third-order valence-corrected chi connectivity index (χ3v) is 2.59. The van der Waals surface area contributed by atoms with Crippen LogP contribution in [0.4, 0.5) is 4.79 Å². The van der Waals surface area contributed by atoms with Crippen LogP contribution in [-0.2, 0) is 4.74 Å². The maximum absolute atomic E-state index is 11.2. The van der Waals surface area contributed by atoms with Gasteiger partial charge in [-0.25, -0.2) is 4.79 Å². The Bertz CT molecular complexity index is 444. The lowest BCUT2D eigenvalue weighted by molar-refractivity contribution is 0.0931. The van der Waals surface area contributed by atoms with Crippen molar-refractivity contribution in [1.82, 2.24) is 4.57 Å². The normalized spacial score (nSPS) is 11.5. The van der Waals surface area contributed by atoms with Gasteiger partial charge in [-0.05, 0) is 13.8 Å². The van der Waals surface area contributed by atoms with Crippen LogP contribution in [0.2, 0.25) is 0 Å². The molecule has 5 nitrogen and oxygen atoms in total. The summed E-state index contributed by atoms with van der Waals surface area (Å²) in [6.07, 6.45) is -0.672. The minimum absolute atomic E-state index is 0.170. The topological polar surface area (TPSA) is 60.7 Å². The fourth-order valence-corrected chi connectivity index (χ4v) is 1.97. The van der Waals surface area contributed by atoms with Gasteiger partial charge in [0.1, 0.15) is 0 Å². The summed E-state index contributed by atoms with van der Waals surface area (Å²) in [5.74, 6) is -0.170. The van der Waals surface area contributed by atoms with E-state index in [0.29, 0.717) is 4.80 Å². The van der Waals surface area contributed by atoms with Gasteiger partial charge in [-0.2, -0.15) is 0 Å². The van der Waals surface area contributed by atoms with Gasteiger partial charge in [-0.1, -0.05) is 0 Å². The molecule has 0 aliphatic heterocycles. The molecule has 0 saturated carbocycles. The number of hydrogen-bond acceptors (Lipinski definition) is 4.